The predicted octanol–water partition coefficient (Wildman–Crippen LogP) is 7.77. The van der Waals surface area contributed by atoms with Crippen LogP contribution in [0.5, 0.6) is 11.5 Å². The van der Waals surface area contributed by atoms with E-state index in [0.717, 1.165) is 16.7 Å². The number of halogens is 2. The number of nitrogen functional groups attached to an aromatic ring is 1. The summed E-state index contributed by atoms with van der Waals surface area (Å²) in [4.78, 5) is 19.4. The van der Waals surface area contributed by atoms with E-state index in [2.05, 4.69) is 0 Å². The number of carbonyl (C=O) groups excluding carboxylic acids is 1. The highest BCUT2D eigenvalue weighted by molar-refractivity contribution is 7.21. The van der Waals surface area contributed by atoms with Crippen molar-refractivity contribution < 1.29 is 14.3 Å². The molecule has 0 saturated heterocycles. The van der Waals surface area contributed by atoms with Crippen molar-refractivity contribution in [3.63, 3.8) is 0 Å². The molecule has 0 amide bonds. The van der Waals surface area contributed by atoms with Crippen molar-refractivity contribution in [3.8, 4) is 33.9 Å². The van der Waals surface area contributed by atoms with Crippen LogP contribution in [0.1, 0.15) is 15.2 Å². The Bertz CT molecular complexity index is 1600. The summed E-state index contributed by atoms with van der Waals surface area (Å²) in [7, 11) is 3.21. The SMILES string of the molecule is COc1ccc(OC)c(-c2cc(-c3ccc(Cl)cc3)c3c(N)c(C(=O)c4ccc(Cl)cc4)sc3n2)c1. The van der Waals surface area contributed by atoms with Gasteiger partial charge in [0.25, 0.3) is 0 Å². The van der Waals surface area contributed by atoms with Gasteiger partial charge in [-0.3, -0.25) is 4.79 Å². The van der Waals surface area contributed by atoms with Gasteiger partial charge >= 0.3 is 0 Å². The Morgan fingerprint density at radius 3 is 2.17 bits per heavy atom. The van der Waals surface area contributed by atoms with Gasteiger partial charge in [0.05, 0.1) is 25.6 Å². The maximum Gasteiger partial charge on any atom is 0.205 e. The molecule has 5 aromatic rings. The predicted molar refractivity (Wildman–Crippen MR) is 148 cm³/mol. The second-order valence-corrected chi connectivity index (χ2v) is 9.86. The monoisotopic (exact) mass is 534 g/mol. The van der Waals surface area contributed by atoms with Crippen molar-refractivity contribution in [2.24, 2.45) is 0 Å². The molecular formula is C28H20Cl2N2O3S. The second kappa shape index (κ2) is 9.82. The Morgan fingerprint density at radius 1 is 0.861 bits per heavy atom. The summed E-state index contributed by atoms with van der Waals surface area (Å²) in [5.41, 5.74) is 10.6. The Labute approximate surface area is 222 Å². The Kier molecular flexibility index (Phi) is 6.58. The fourth-order valence-corrected chi connectivity index (χ4v) is 5.37. The van der Waals surface area contributed by atoms with Crippen LogP contribution in [0.15, 0.2) is 72.8 Å². The van der Waals surface area contributed by atoms with E-state index in [0.29, 0.717) is 53.6 Å². The molecule has 180 valence electrons. The number of rotatable bonds is 6. The number of nitrogens with two attached hydrogens (primary N) is 1. The third-order valence-corrected chi connectivity index (χ3v) is 7.45. The first-order chi connectivity index (χ1) is 17.4. The number of nitrogens with zero attached hydrogens (tertiary/aromatic N) is 1. The molecule has 0 unspecified atom stereocenters. The van der Waals surface area contributed by atoms with Crippen LogP contribution in [0.2, 0.25) is 10.0 Å². The van der Waals surface area contributed by atoms with Gasteiger partial charge in [0, 0.05) is 26.6 Å². The van der Waals surface area contributed by atoms with Gasteiger partial charge in [-0.1, -0.05) is 35.3 Å². The average Bonchev–Trinajstić information content (AvgIpc) is 3.24. The summed E-state index contributed by atoms with van der Waals surface area (Å²) in [5.74, 6) is 1.13. The molecule has 2 heterocycles. The van der Waals surface area contributed by atoms with Crippen LogP contribution >= 0.6 is 34.5 Å². The van der Waals surface area contributed by atoms with Crippen LogP contribution in [0.25, 0.3) is 32.6 Å². The number of hydrogen-bond acceptors (Lipinski definition) is 6. The quantitative estimate of drug-likeness (QED) is 0.225. The summed E-state index contributed by atoms with van der Waals surface area (Å²) in [6.07, 6.45) is 0. The van der Waals surface area contributed by atoms with Gasteiger partial charge < -0.3 is 15.2 Å². The van der Waals surface area contributed by atoms with Gasteiger partial charge in [-0.15, -0.1) is 11.3 Å². The molecule has 0 aliphatic rings. The number of carbonyl (C=O) groups is 1. The summed E-state index contributed by atoms with van der Waals surface area (Å²) >= 11 is 13.4. The first-order valence-corrected chi connectivity index (χ1v) is 12.5. The Balaban J connectivity index is 1.77. The number of methoxy groups -OCH3 is 2. The number of ether oxygens (including phenoxy) is 2. The van der Waals surface area contributed by atoms with Crippen LogP contribution in [-0.2, 0) is 0 Å². The molecule has 0 aliphatic heterocycles. The number of pyridine rings is 1. The van der Waals surface area contributed by atoms with Crippen molar-refractivity contribution in [1.29, 1.82) is 0 Å². The molecule has 0 aliphatic carbocycles. The van der Waals surface area contributed by atoms with Gasteiger partial charge in [0.15, 0.2) is 0 Å². The summed E-state index contributed by atoms with van der Waals surface area (Å²) < 4.78 is 11.0. The minimum absolute atomic E-state index is 0.185. The zero-order valence-electron chi connectivity index (χ0n) is 19.3. The van der Waals surface area contributed by atoms with E-state index >= 15 is 0 Å². The lowest BCUT2D eigenvalue weighted by Crippen LogP contribution is -2.02. The number of aromatic nitrogens is 1. The van der Waals surface area contributed by atoms with Crippen LogP contribution in [0.4, 0.5) is 5.69 Å². The standard InChI is InChI=1S/C28H20Cl2N2O3S/c1-34-19-11-12-23(35-2)21(13-19)22-14-20(15-3-7-17(29)8-4-15)24-25(31)27(36-28(24)32-22)26(33)16-5-9-18(30)10-6-16/h3-14H,31H2,1-2H3. The van der Waals surface area contributed by atoms with Crippen LogP contribution in [0.3, 0.4) is 0 Å². The number of benzene rings is 3. The average molecular weight is 535 g/mol. The number of ketones is 1. The molecule has 5 rings (SSSR count). The van der Waals surface area contributed by atoms with Crippen molar-refractivity contribution in [2.45, 2.75) is 0 Å². The third kappa shape index (κ3) is 4.39. The molecule has 8 heteroatoms. The lowest BCUT2D eigenvalue weighted by Gasteiger charge is -2.13. The molecule has 5 nitrogen and oxygen atoms in total. The van der Waals surface area contributed by atoms with Gasteiger partial charge in [-0.05, 0) is 71.8 Å². The highest BCUT2D eigenvalue weighted by Crippen LogP contribution is 2.44. The molecule has 36 heavy (non-hydrogen) atoms. The van der Waals surface area contributed by atoms with Crippen molar-refractivity contribution in [3.05, 3.63) is 93.3 Å². The van der Waals surface area contributed by atoms with Crippen molar-refractivity contribution >= 4 is 56.2 Å². The van der Waals surface area contributed by atoms with Crippen LogP contribution in [0, 0.1) is 0 Å². The Hall–Kier alpha value is -3.58. The number of thiophene rings is 1. The van der Waals surface area contributed by atoms with Crippen molar-refractivity contribution in [2.75, 3.05) is 20.0 Å². The minimum Gasteiger partial charge on any atom is -0.497 e. The third-order valence-electron chi connectivity index (χ3n) is 5.85. The molecule has 0 spiro atoms. The first-order valence-electron chi connectivity index (χ1n) is 10.9. The zero-order valence-corrected chi connectivity index (χ0v) is 21.7. The lowest BCUT2D eigenvalue weighted by atomic mass is 9.98. The number of fused-ring (bicyclic) bond motifs is 1. The molecular weight excluding hydrogens is 515 g/mol. The van der Waals surface area contributed by atoms with E-state index in [4.69, 9.17) is 43.4 Å². The van der Waals surface area contributed by atoms with E-state index in [1.807, 2.05) is 48.5 Å². The number of hydrogen-bond donors (Lipinski definition) is 1. The van der Waals surface area contributed by atoms with Gasteiger partial charge in [-0.25, -0.2) is 4.98 Å². The fourth-order valence-electron chi connectivity index (χ4n) is 4.03. The van der Waals surface area contributed by atoms with Crippen LogP contribution in [-0.4, -0.2) is 25.0 Å². The maximum atomic E-state index is 13.4. The van der Waals surface area contributed by atoms with Gasteiger partial charge in [0.1, 0.15) is 21.2 Å². The lowest BCUT2D eigenvalue weighted by molar-refractivity contribution is 0.104. The largest absolute Gasteiger partial charge is 0.497 e. The second-order valence-electron chi connectivity index (χ2n) is 7.99. The highest BCUT2D eigenvalue weighted by atomic mass is 35.5. The van der Waals surface area contributed by atoms with E-state index in [-0.39, 0.29) is 5.78 Å². The fraction of sp³-hybridized carbons (Fsp3) is 0.0714. The molecule has 0 radical (unpaired) electrons. The van der Waals surface area contributed by atoms with Crippen LogP contribution < -0.4 is 15.2 Å². The highest BCUT2D eigenvalue weighted by Gasteiger charge is 2.23. The van der Waals surface area contributed by atoms with Gasteiger partial charge in [0.2, 0.25) is 5.78 Å². The Morgan fingerprint density at radius 2 is 1.53 bits per heavy atom. The number of anilines is 1. The van der Waals surface area contributed by atoms with E-state index < -0.39 is 0 Å². The molecule has 0 bridgehead atoms. The first kappa shape index (κ1) is 24.1. The van der Waals surface area contributed by atoms with E-state index in [9.17, 15) is 4.79 Å². The summed E-state index contributed by atoms with van der Waals surface area (Å²) in [6.45, 7) is 0. The molecule has 0 fully saturated rings. The van der Waals surface area contributed by atoms with Gasteiger partial charge in [-0.2, -0.15) is 0 Å². The summed E-state index contributed by atoms with van der Waals surface area (Å²) in [5, 5.41) is 1.89. The summed E-state index contributed by atoms with van der Waals surface area (Å²) in [6, 6.07) is 21.7. The molecule has 2 N–H and O–H groups in total. The maximum absolute atomic E-state index is 13.4. The normalized spacial score (nSPS) is 11.0. The van der Waals surface area contributed by atoms with E-state index in [1.54, 1.807) is 38.5 Å². The van der Waals surface area contributed by atoms with E-state index in [1.165, 1.54) is 11.3 Å². The molecule has 2 aromatic heterocycles. The smallest absolute Gasteiger partial charge is 0.205 e. The zero-order chi connectivity index (χ0) is 25.4. The molecule has 0 atom stereocenters. The van der Waals surface area contributed by atoms with Crippen molar-refractivity contribution in [1.82, 2.24) is 4.98 Å². The molecule has 0 saturated carbocycles. The topological polar surface area (TPSA) is 74.4 Å². The minimum atomic E-state index is -0.185. The molecule has 3 aromatic carbocycles.